The van der Waals surface area contributed by atoms with Crippen LogP contribution < -0.4 is 5.32 Å². The number of aromatic nitrogens is 1. The minimum absolute atomic E-state index is 0.0862. The summed E-state index contributed by atoms with van der Waals surface area (Å²) in [4.78, 5) is 15.6. The van der Waals surface area contributed by atoms with Crippen LogP contribution in [0.25, 0.3) is 11.1 Å². The van der Waals surface area contributed by atoms with Crippen LogP contribution in [0, 0.1) is 0 Å². The monoisotopic (exact) mass is 296 g/mol. The molecule has 1 N–H and O–H groups in total. The van der Waals surface area contributed by atoms with Crippen molar-refractivity contribution in [3.8, 4) is 0 Å². The molecule has 0 radical (unpaired) electrons. The summed E-state index contributed by atoms with van der Waals surface area (Å²) in [6.45, 7) is 4.05. The number of hydrogen-bond acceptors (Lipinski definition) is 3. The summed E-state index contributed by atoms with van der Waals surface area (Å²) in [6, 6.07) is 5.43. The topological polar surface area (TPSA) is 55.1 Å². The van der Waals surface area contributed by atoms with Crippen LogP contribution in [0.15, 0.2) is 22.6 Å². The number of nitrogens with one attached hydrogen (secondary N) is 1. The van der Waals surface area contributed by atoms with Crippen molar-refractivity contribution in [2.75, 3.05) is 10.6 Å². The number of benzene rings is 1. The van der Waals surface area contributed by atoms with Crippen LogP contribution in [-0.2, 0) is 4.79 Å². The van der Waals surface area contributed by atoms with Gasteiger partial charge in [0.15, 0.2) is 11.5 Å². The number of alkyl halides is 1. The first kappa shape index (κ1) is 12.1. The van der Waals surface area contributed by atoms with E-state index in [2.05, 4.69) is 26.2 Å². The van der Waals surface area contributed by atoms with Gasteiger partial charge in [0.05, 0.1) is 5.33 Å². The first-order chi connectivity index (χ1) is 8.10. The Morgan fingerprint density at radius 2 is 2.29 bits per heavy atom. The van der Waals surface area contributed by atoms with Crippen LogP contribution in [-0.4, -0.2) is 16.2 Å². The lowest BCUT2D eigenvalue weighted by Crippen LogP contribution is -2.11. The van der Waals surface area contributed by atoms with Gasteiger partial charge in [-0.15, -0.1) is 0 Å². The molecule has 90 valence electrons. The van der Waals surface area contributed by atoms with E-state index in [9.17, 15) is 4.79 Å². The fourth-order valence-corrected chi connectivity index (χ4v) is 1.60. The molecule has 0 unspecified atom stereocenters. The first-order valence-corrected chi connectivity index (χ1v) is 6.48. The van der Waals surface area contributed by atoms with Gasteiger partial charge in [0.1, 0.15) is 5.52 Å². The summed E-state index contributed by atoms with van der Waals surface area (Å²) in [5.41, 5.74) is 2.23. The van der Waals surface area contributed by atoms with E-state index < -0.39 is 0 Å². The van der Waals surface area contributed by atoms with Crippen LogP contribution in [0.1, 0.15) is 25.7 Å². The van der Waals surface area contributed by atoms with Gasteiger partial charge in [0.2, 0.25) is 5.91 Å². The molecule has 0 aliphatic rings. The van der Waals surface area contributed by atoms with E-state index in [0.29, 0.717) is 5.89 Å². The van der Waals surface area contributed by atoms with Gasteiger partial charge in [0, 0.05) is 11.6 Å². The molecule has 0 aliphatic heterocycles. The Kier molecular flexibility index (Phi) is 3.47. The van der Waals surface area contributed by atoms with Crippen LogP contribution in [0.5, 0.6) is 0 Å². The van der Waals surface area contributed by atoms with Gasteiger partial charge in [-0.1, -0.05) is 29.8 Å². The molecule has 2 aromatic rings. The number of anilines is 1. The van der Waals surface area contributed by atoms with E-state index in [4.69, 9.17) is 4.42 Å². The Morgan fingerprint density at radius 1 is 1.53 bits per heavy atom. The smallest absolute Gasteiger partial charge is 0.235 e. The molecule has 0 saturated carbocycles. The van der Waals surface area contributed by atoms with Crippen molar-refractivity contribution in [1.29, 1.82) is 0 Å². The van der Waals surface area contributed by atoms with Crippen molar-refractivity contribution in [1.82, 2.24) is 4.98 Å². The molecule has 17 heavy (non-hydrogen) atoms. The number of amides is 1. The van der Waals surface area contributed by atoms with Crippen LogP contribution in [0.2, 0.25) is 0 Å². The van der Waals surface area contributed by atoms with E-state index in [0.717, 1.165) is 16.8 Å². The van der Waals surface area contributed by atoms with Crippen molar-refractivity contribution >= 4 is 38.6 Å². The molecule has 1 amide bonds. The van der Waals surface area contributed by atoms with Crippen molar-refractivity contribution in [2.45, 2.75) is 19.8 Å². The minimum atomic E-state index is -0.0862. The summed E-state index contributed by atoms with van der Waals surface area (Å²) in [5.74, 6) is 0.879. The second-order valence-electron chi connectivity index (χ2n) is 4.07. The highest BCUT2D eigenvalue weighted by Crippen LogP contribution is 2.23. The maximum atomic E-state index is 11.2. The van der Waals surface area contributed by atoms with E-state index in [1.807, 2.05) is 26.0 Å². The van der Waals surface area contributed by atoms with E-state index in [1.54, 1.807) is 6.07 Å². The molecule has 0 atom stereocenters. The number of oxazole rings is 1. The molecule has 1 aromatic carbocycles. The Labute approximate surface area is 108 Å². The highest BCUT2D eigenvalue weighted by Gasteiger charge is 2.10. The Morgan fingerprint density at radius 3 is 2.94 bits per heavy atom. The number of carbonyl (C=O) groups is 1. The van der Waals surface area contributed by atoms with E-state index in [-0.39, 0.29) is 17.2 Å². The third kappa shape index (κ3) is 2.66. The third-order valence-corrected chi connectivity index (χ3v) is 2.81. The molecular formula is C12H13BrN2O2. The highest BCUT2D eigenvalue weighted by atomic mass is 79.9. The average molecular weight is 297 g/mol. The van der Waals surface area contributed by atoms with Crippen LogP contribution in [0.3, 0.4) is 0 Å². The van der Waals surface area contributed by atoms with Gasteiger partial charge < -0.3 is 9.73 Å². The van der Waals surface area contributed by atoms with Crippen molar-refractivity contribution in [3.63, 3.8) is 0 Å². The predicted octanol–water partition coefficient (Wildman–Crippen LogP) is 3.28. The molecule has 1 heterocycles. The quantitative estimate of drug-likeness (QED) is 0.884. The summed E-state index contributed by atoms with van der Waals surface area (Å²) in [7, 11) is 0. The molecular weight excluding hydrogens is 284 g/mol. The fourth-order valence-electron chi connectivity index (χ4n) is 1.46. The number of halogens is 1. The number of fused-ring (bicyclic) bond motifs is 1. The average Bonchev–Trinajstić information content (AvgIpc) is 2.72. The van der Waals surface area contributed by atoms with E-state index >= 15 is 0 Å². The molecule has 2 rings (SSSR count). The first-order valence-electron chi connectivity index (χ1n) is 5.36. The SMILES string of the molecule is CC(C)c1nc2cc(NC(=O)CBr)ccc2o1. The lowest BCUT2D eigenvalue weighted by Gasteiger charge is -2.01. The minimum Gasteiger partial charge on any atom is -0.440 e. The highest BCUT2D eigenvalue weighted by molar-refractivity contribution is 9.09. The van der Waals surface area contributed by atoms with Gasteiger partial charge in [0.25, 0.3) is 0 Å². The molecule has 4 nitrogen and oxygen atoms in total. The van der Waals surface area contributed by atoms with Gasteiger partial charge in [-0.25, -0.2) is 4.98 Å². The van der Waals surface area contributed by atoms with Crippen molar-refractivity contribution < 1.29 is 9.21 Å². The van der Waals surface area contributed by atoms with Crippen molar-refractivity contribution in [2.24, 2.45) is 0 Å². The number of nitrogens with zero attached hydrogens (tertiary/aromatic N) is 1. The van der Waals surface area contributed by atoms with Gasteiger partial charge in [-0.05, 0) is 18.2 Å². The second-order valence-corrected chi connectivity index (χ2v) is 4.63. The lowest BCUT2D eigenvalue weighted by molar-refractivity contribution is -0.113. The second kappa shape index (κ2) is 4.87. The molecule has 0 bridgehead atoms. The zero-order valence-corrected chi connectivity index (χ0v) is 11.2. The van der Waals surface area contributed by atoms with Crippen LogP contribution >= 0.6 is 15.9 Å². The Bertz CT molecular complexity index is 548. The molecule has 0 fully saturated rings. The molecule has 0 aliphatic carbocycles. The zero-order valence-electron chi connectivity index (χ0n) is 9.66. The summed E-state index contributed by atoms with van der Waals surface area (Å²) in [5, 5.41) is 3.03. The van der Waals surface area contributed by atoms with E-state index in [1.165, 1.54) is 0 Å². The van der Waals surface area contributed by atoms with Crippen LogP contribution in [0.4, 0.5) is 5.69 Å². The third-order valence-electron chi connectivity index (χ3n) is 2.30. The number of hydrogen-bond donors (Lipinski definition) is 1. The summed E-state index contributed by atoms with van der Waals surface area (Å²) in [6.07, 6.45) is 0. The molecule has 0 saturated heterocycles. The van der Waals surface area contributed by atoms with Gasteiger partial charge >= 0.3 is 0 Å². The predicted molar refractivity (Wildman–Crippen MR) is 70.5 cm³/mol. The molecule has 5 heteroatoms. The molecule has 0 spiro atoms. The summed E-state index contributed by atoms with van der Waals surface area (Å²) < 4.78 is 5.58. The molecule has 1 aromatic heterocycles. The number of rotatable bonds is 3. The normalized spacial score (nSPS) is 11.1. The number of carbonyl (C=O) groups excluding carboxylic acids is 1. The van der Waals surface area contributed by atoms with Crippen molar-refractivity contribution in [3.05, 3.63) is 24.1 Å². The maximum Gasteiger partial charge on any atom is 0.235 e. The van der Waals surface area contributed by atoms with Gasteiger partial charge in [-0.2, -0.15) is 0 Å². The fraction of sp³-hybridized carbons (Fsp3) is 0.333. The largest absolute Gasteiger partial charge is 0.440 e. The maximum absolute atomic E-state index is 11.2. The zero-order chi connectivity index (χ0) is 12.4. The lowest BCUT2D eigenvalue weighted by atomic mass is 10.2. The standard InChI is InChI=1S/C12H13BrN2O2/c1-7(2)12-15-9-5-8(14-11(16)6-13)3-4-10(9)17-12/h3-5,7H,6H2,1-2H3,(H,14,16). The van der Waals surface area contributed by atoms with Gasteiger partial charge in [-0.3, -0.25) is 4.79 Å². The Balaban J connectivity index is 2.33. The summed E-state index contributed by atoms with van der Waals surface area (Å²) >= 11 is 3.10. The Hall–Kier alpha value is -1.36.